The van der Waals surface area contributed by atoms with Crippen LogP contribution in [0.5, 0.6) is 0 Å². The molecule has 0 unspecified atom stereocenters. The average Bonchev–Trinajstić information content (AvgIpc) is 3.06. The van der Waals surface area contributed by atoms with Crippen LogP contribution < -0.4 is 10.5 Å². The topological polar surface area (TPSA) is 66.8 Å². The summed E-state index contributed by atoms with van der Waals surface area (Å²) in [5.41, 5.74) is 5.07. The number of anilines is 1. The maximum atomic E-state index is 12.8. The minimum absolute atomic E-state index is 0.161. The van der Waals surface area contributed by atoms with Gasteiger partial charge in [-0.3, -0.25) is 9.78 Å². The van der Waals surface area contributed by atoms with E-state index in [0.29, 0.717) is 30.1 Å². The highest BCUT2D eigenvalue weighted by molar-refractivity contribution is 5.76. The zero-order valence-corrected chi connectivity index (χ0v) is 16.8. The Bertz CT molecular complexity index is 1230. The van der Waals surface area contributed by atoms with E-state index >= 15 is 0 Å². The van der Waals surface area contributed by atoms with Crippen LogP contribution in [0.25, 0.3) is 22.2 Å². The average molecular weight is 385 g/mol. The molecular formula is C23H23N5O. The van der Waals surface area contributed by atoms with E-state index in [1.165, 1.54) is 22.3 Å². The van der Waals surface area contributed by atoms with Gasteiger partial charge < -0.3 is 4.90 Å². The summed E-state index contributed by atoms with van der Waals surface area (Å²) in [5, 5.41) is 4.93. The normalized spacial score (nSPS) is 13.8. The molecular weight excluding hydrogens is 362 g/mol. The van der Waals surface area contributed by atoms with Crippen molar-refractivity contribution in [1.29, 1.82) is 0 Å². The SMILES string of the molecule is CC(C)(C)n1ncc2c(=O)[nH]c(N3Cc4ccccc4-c4ccccc4C3)nc21. The smallest absolute Gasteiger partial charge is 0.263 e. The molecule has 3 heterocycles. The number of benzene rings is 2. The zero-order valence-electron chi connectivity index (χ0n) is 16.8. The number of hydrogen-bond donors (Lipinski definition) is 1. The van der Waals surface area contributed by atoms with Gasteiger partial charge in [-0.15, -0.1) is 0 Å². The molecule has 29 heavy (non-hydrogen) atoms. The van der Waals surface area contributed by atoms with Crippen LogP contribution in [-0.2, 0) is 18.6 Å². The molecule has 6 nitrogen and oxygen atoms in total. The summed E-state index contributed by atoms with van der Waals surface area (Å²) < 4.78 is 1.82. The lowest BCUT2D eigenvalue weighted by atomic mass is 9.97. The first-order valence-corrected chi connectivity index (χ1v) is 9.81. The first kappa shape index (κ1) is 17.7. The number of aromatic amines is 1. The fraction of sp³-hybridized carbons (Fsp3) is 0.261. The Balaban J connectivity index is 1.69. The Hall–Kier alpha value is -3.41. The second-order valence-electron chi connectivity index (χ2n) is 8.52. The Morgan fingerprint density at radius 1 is 0.931 bits per heavy atom. The van der Waals surface area contributed by atoms with Gasteiger partial charge in [0.1, 0.15) is 5.39 Å². The van der Waals surface area contributed by atoms with Gasteiger partial charge >= 0.3 is 0 Å². The fourth-order valence-electron chi connectivity index (χ4n) is 4.01. The highest BCUT2D eigenvalue weighted by atomic mass is 16.1. The summed E-state index contributed by atoms with van der Waals surface area (Å²) in [5.74, 6) is 0.569. The van der Waals surface area contributed by atoms with Crippen LogP contribution in [0.15, 0.2) is 59.5 Å². The molecule has 0 saturated carbocycles. The Morgan fingerprint density at radius 3 is 2.10 bits per heavy atom. The predicted molar refractivity (Wildman–Crippen MR) is 115 cm³/mol. The van der Waals surface area contributed by atoms with E-state index in [-0.39, 0.29) is 11.1 Å². The van der Waals surface area contributed by atoms with Crippen molar-refractivity contribution in [3.8, 4) is 11.1 Å². The summed E-state index contributed by atoms with van der Waals surface area (Å²) in [6.07, 6.45) is 1.60. The molecule has 0 atom stereocenters. The van der Waals surface area contributed by atoms with E-state index in [2.05, 4.69) is 84.3 Å². The minimum atomic E-state index is -0.266. The van der Waals surface area contributed by atoms with Crippen molar-refractivity contribution in [2.45, 2.75) is 39.4 Å². The van der Waals surface area contributed by atoms with Gasteiger partial charge in [-0.25, -0.2) is 4.68 Å². The van der Waals surface area contributed by atoms with Gasteiger partial charge in [0.05, 0.1) is 11.7 Å². The standard InChI is InChI=1S/C23H23N5O/c1-23(2,3)28-20-19(12-24-28)21(29)26-22(25-20)27-13-15-8-4-6-10-17(15)18-11-7-5-9-16(18)14-27/h4-12H,13-14H2,1-3H3,(H,25,26,29). The van der Waals surface area contributed by atoms with Crippen LogP contribution in [0.2, 0.25) is 0 Å². The third-order valence-electron chi connectivity index (χ3n) is 5.41. The molecule has 4 aromatic rings. The van der Waals surface area contributed by atoms with Crippen LogP contribution in [0.1, 0.15) is 31.9 Å². The Kier molecular flexibility index (Phi) is 3.84. The van der Waals surface area contributed by atoms with E-state index in [1.54, 1.807) is 6.20 Å². The minimum Gasteiger partial charge on any atom is -0.334 e. The number of fused-ring (bicyclic) bond motifs is 4. The van der Waals surface area contributed by atoms with Crippen molar-refractivity contribution >= 4 is 17.0 Å². The molecule has 1 N–H and O–H groups in total. The maximum absolute atomic E-state index is 12.8. The molecule has 0 bridgehead atoms. The summed E-state index contributed by atoms with van der Waals surface area (Å²) >= 11 is 0. The molecule has 1 aliphatic rings. The quantitative estimate of drug-likeness (QED) is 0.537. The van der Waals surface area contributed by atoms with Crippen LogP contribution in [0, 0.1) is 0 Å². The largest absolute Gasteiger partial charge is 0.334 e. The van der Waals surface area contributed by atoms with Crippen LogP contribution in [-0.4, -0.2) is 19.7 Å². The Labute approximate surface area is 168 Å². The molecule has 2 aromatic carbocycles. The first-order valence-electron chi connectivity index (χ1n) is 9.81. The van der Waals surface area contributed by atoms with Gasteiger partial charge in [0, 0.05) is 13.1 Å². The summed E-state index contributed by atoms with van der Waals surface area (Å²) in [6.45, 7) is 7.51. The van der Waals surface area contributed by atoms with E-state index in [0.717, 1.165) is 0 Å². The Morgan fingerprint density at radius 2 is 1.52 bits per heavy atom. The lowest BCUT2D eigenvalue weighted by Gasteiger charge is -2.23. The molecule has 0 amide bonds. The second-order valence-corrected chi connectivity index (χ2v) is 8.52. The van der Waals surface area contributed by atoms with Gasteiger partial charge in [0.25, 0.3) is 5.56 Å². The van der Waals surface area contributed by atoms with Gasteiger partial charge in [0.2, 0.25) is 5.95 Å². The highest BCUT2D eigenvalue weighted by Crippen LogP contribution is 2.33. The lowest BCUT2D eigenvalue weighted by molar-refractivity contribution is 0.366. The molecule has 0 radical (unpaired) electrons. The maximum Gasteiger partial charge on any atom is 0.263 e. The zero-order chi connectivity index (χ0) is 20.2. The summed E-state index contributed by atoms with van der Waals surface area (Å²) in [7, 11) is 0. The van der Waals surface area contributed by atoms with E-state index in [4.69, 9.17) is 4.98 Å². The van der Waals surface area contributed by atoms with E-state index in [1.807, 2.05) is 4.68 Å². The third kappa shape index (κ3) is 2.92. The van der Waals surface area contributed by atoms with Crippen molar-refractivity contribution < 1.29 is 0 Å². The molecule has 146 valence electrons. The van der Waals surface area contributed by atoms with Gasteiger partial charge in [-0.05, 0) is 43.0 Å². The molecule has 1 aliphatic heterocycles. The van der Waals surface area contributed by atoms with Crippen molar-refractivity contribution in [1.82, 2.24) is 19.7 Å². The van der Waals surface area contributed by atoms with Crippen molar-refractivity contribution in [2.75, 3.05) is 4.90 Å². The molecule has 2 aromatic heterocycles. The van der Waals surface area contributed by atoms with Crippen molar-refractivity contribution in [2.24, 2.45) is 0 Å². The van der Waals surface area contributed by atoms with Gasteiger partial charge in [-0.1, -0.05) is 48.5 Å². The van der Waals surface area contributed by atoms with Crippen molar-refractivity contribution in [3.63, 3.8) is 0 Å². The molecule has 0 aliphatic carbocycles. The molecule has 0 spiro atoms. The van der Waals surface area contributed by atoms with Gasteiger partial charge in [-0.2, -0.15) is 10.1 Å². The predicted octanol–water partition coefficient (Wildman–Crippen LogP) is 4.06. The van der Waals surface area contributed by atoms with Crippen LogP contribution in [0.3, 0.4) is 0 Å². The van der Waals surface area contributed by atoms with Crippen LogP contribution >= 0.6 is 0 Å². The number of H-pyrrole nitrogens is 1. The van der Waals surface area contributed by atoms with Crippen molar-refractivity contribution in [3.05, 3.63) is 76.2 Å². The molecule has 6 heteroatoms. The number of nitrogens with zero attached hydrogens (tertiary/aromatic N) is 4. The lowest BCUT2D eigenvalue weighted by Crippen LogP contribution is -2.28. The molecule has 5 rings (SSSR count). The number of rotatable bonds is 1. The summed E-state index contributed by atoms with van der Waals surface area (Å²) in [6, 6.07) is 16.8. The number of aromatic nitrogens is 4. The fourth-order valence-corrected chi connectivity index (χ4v) is 4.01. The van der Waals surface area contributed by atoms with Crippen LogP contribution in [0.4, 0.5) is 5.95 Å². The first-order chi connectivity index (χ1) is 13.9. The summed E-state index contributed by atoms with van der Waals surface area (Å²) in [4.78, 5) is 22.7. The number of hydrogen-bond acceptors (Lipinski definition) is 4. The third-order valence-corrected chi connectivity index (χ3v) is 5.41. The monoisotopic (exact) mass is 385 g/mol. The number of nitrogens with one attached hydrogen (secondary N) is 1. The van der Waals surface area contributed by atoms with E-state index < -0.39 is 0 Å². The second kappa shape index (κ2) is 6.30. The molecule has 0 fully saturated rings. The van der Waals surface area contributed by atoms with E-state index in [9.17, 15) is 4.79 Å². The molecule has 0 saturated heterocycles. The van der Waals surface area contributed by atoms with Gasteiger partial charge in [0.15, 0.2) is 5.65 Å². The highest BCUT2D eigenvalue weighted by Gasteiger charge is 2.24.